The fourth-order valence-electron chi connectivity index (χ4n) is 4.39. The van der Waals surface area contributed by atoms with Crippen LogP contribution in [-0.4, -0.2) is 60.1 Å². The van der Waals surface area contributed by atoms with Crippen LogP contribution in [0.15, 0.2) is 39.5 Å². The van der Waals surface area contributed by atoms with Gasteiger partial charge in [-0.15, -0.1) is 0 Å². The van der Waals surface area contributed by atoms with Crippen LogP contribution in [0.25, 0.3) is 11.0 Å². The number of carbonyl (C=O) groups excluding carboxylic acids is 1. The zero-order valence-electron chi connectivity index (χ0n) is 15.9. The first-order chi connectivity index (χ1) is 13.0. The van der Waals surface area contributed by atoms with Crippen molar-refractivity contribution in [1.29, 1.82) is 0 Å². The summed E-state index contributed by atoms with van der Waals surface area (Å²) in [6, 6.07) is 9.07. The van der Waals surface area contributed by atoms with Crippen LogP contribution in [-0.2, 0) is 4.74 Å². The average molecular weight is 370 g/mol. The number of hydrogen-bond donors (Lipinski definition) is 0. The van der Waals surface area contributed by atoms with E-state index >= 15 is 0 Å². The van der Waals surface area contributed by atoms with Gasteiger partial charge in [0, 0.05) is 37.6 Å². The molecule has 0 spiro atoms. The average Bonchev–Trinajstić information content (AvgIpc) is 3.07. The molecule has 2 aliphatic rings. The first kappa shape index (κ1) is 18.2. The van der Waals surface area contributed by atoms with Crippen LogP contribution in [0.5, 0.6) is 0 Å². The van der Waals surface area contributed by atoms with Crippen molar-refractivity contribution in [3.05, 3.63) is 46.3 Å². The van der Waals surface area contributed by atoms with Crippen molar-refractivity contribution in [1.82, 2.24) is 9.80 Å². The lowest BCUT2D eigenvalue weighted by Gasteiger charge is -2.38. The predicted molar refractivity (Wildman–Crippen MR) is 103 cm³/mol. The molecule has 2 saturated heterocycles. The Morgan fingerprint density at radius 1 is 1.19 bits per heavy atom. The minimum Gasteiger partial charge on any atom is -0.422 e. The van der Waals surface area contributed by atoms with Crippen molar-refractivity contribution < 1.29 is 13.9 Å². The van der Waals surface area contributed by atoms with Gasteiger partial charge in [-0.25, -0.2) is 4.79 Å². The first-order valence-electron chi connectivity index (χ1n) is 9.73. The molecule has 2 aliphatic heterocycles. The Hall–Kier alpha value is -2.18. The van der Waals surface area contributed by atoms with E-state index < -0.39 is 5.63 Å². The second kappa shape index (κ2) is 7.44. The molecule has 2 aromatic rings. The number of fused-ring (bicyclic) bond motifs is 1. The number of ether oxygens (including phenoxy) is 1. The van der Waals surface area contributed by atoms with Crippen LogP contribution in [0.1, 0.15) is 37.0 Å². The topological polar surface area (TPSA) is 63.0 Å². The van der Waals surface area contributed by atoms with Crippen LogP contribution < -0.4 is 5.63 Å². The highest BCUT2D eigenvalue weighted by Gasteiger charge is 2.34. The maximum absolute atomic E-state index is 13.1. The molecular weight excluding hydrogens is 344 g/mol. The number of para-hydroxylation sites is 1. The van der Waals surface area contributed by atoms with E-state index in [1.54, 1.807) is 12.1 Å². The van der Waals surface area contributed by atoms with E-state index in [-0.39, 0.29) is 29.7 Å². The quantitative estimate of drug-likeness (QED) is 0.777. The Bertz CT molecular complexity index is 883. The van der Waals surface area contributed by atoms with Gasteiger partial charge in [0.2, 0.25) is 0 Å². The molecule has 6 nitrogen and oxygen atoms in total. The Kier molecular flexibility index (Phi) is 5.02. The molecule has 0 radical (unpaired) electrons. The largest absolute Gasteiger partial charge is 0.422 e. The number of benzene rings is 1. The van der Waals surface area contributed by atoms with Crippen LogP contribution in [0.4, 0.5) is 0 Å². The second-order valence-corrected chi connectivity index (χ2v) is 7.76. The van der Waals surface area contributed by atoms with Crippen LogP contribution >= 0.6 is 0 Å². The number of amides is 1. The fraction of sp³-hybridized carbons (Fsp3) is 0.524. The zero-order chi connectivity index (χ0) is 19.0. The van der Waals surface area contributed by atoms with Crippen molar-refractivity contribution >= 4 is 16.9 Å². The molecule has 1 amide bonds. The molecule has 0 bridgehead atoms. The minimum atomic E-state index is -0.557. The van der Waals surface area contributed by atoms with Gasteiger partial charge in [0.25, 0.3) is 5.91 Å². The summed E-state index contributed by atoms with van der Waals surface area (Å²) in [5.74, 6) is -0.216. The Morgan fingerprint density at radius 2 is 1.93 bits per heavy atom. The lowest BCUT2D eigenvalue weighted by molar-refractivity contribution is -0.0715. The van der Waals surface area contributed by atoms with E-state index in [0.717, 1.165) is 37.9 Å². The molecular formula is C21H26N2O4. The maximum atomic E-state index is 13.1. The van der Waals surface area contributed by atoms with Crippen molar-refractivity contribution in [2.24, 2.45) is 0 Å². The summed E-state index contributed by atoms with van der Waals surface area (Å²) in [7, 11) is 0. The van der Waals surface area contributed by atoms with E-state index in [9.17, 15) is 9.59 Å². The molecule has 3 unspecified atom stereocenters. The summed E-state index contributed by atoms with van der Waals surface area (Å²) in [5.41, 5.74) is 0.0793. The van der Waals surface area contributed by atoms with Gasteiger partial charge in [-0.05, 0) is 38.8 Å². The number of morpholine rings is 1. The second-order valence-electron chi connectivity index (χ2n) is 7.76. The number of likely N-dealkylation sites (tertiary alicyclic amines) is 1. The Labute approximate surface area is 158 Å². The highest BCUT2D eigenvalue weighted by Crippen LogP contribution is 2.23. The van der Waals surface area contributed by atoms with E-state index in [0.29, 0.717) is 12.1 Å². The first-order valence-corrected chi connectivity index (χ1v) is 9.73. The highest BCUT2D eigenvalue weighted by molar-refractivity contribution is 5.97. The van der Waals surface area contributed by atoms with Gasteiger partial charge in [-0.2, -0.15) is 0 Å². The van der Waals surface area contributed by atoms with Gasteiger partial charge < -0.3 is 14.1 Å². The standard InChI is InChI=1S/C21H26N2O4/c1-14-11-22(12-15(2)26-14)13-17-7-5-9-23(17)20(24)18-10-16-6-3-4-8-19(16)27-21(18)25/h3-4,6,8,10,14-15,17H,5,7,9,11-13H2,1-2H3. The van der Waals surface area contributed by atoms with Gasteiger partial charge in [0.05, 0.1) is 12.2 Å². The summed E-state index contributed by atoms with van der Waals surface area (Å²) < 4.78 is 11.2. The Morgan fingerprint density at radius 3 is 2.70 bits per heavy atom. The third-order valence-electron chi connectivity index (χ3n) is 5.47. The molecule has 1 aromatic heterocycles. The van der Waals surface area contributed by atoms with E-state index in [2.05, 4.69) is 18.7 Å². The molecule has 3 heterocycles. The molecule has 2 fully saturated rings. The van der Waals surface area contributed by atoms with Crippen LogP contribution in [0, 0.1) is 0 Å². The van der Waals surface area contributed by atoms with Crippen LogP contribution in [0.2, 0.25) is 0 Å². The van der Waals surface area contributed by atoms with Crippen molar-refractivity contribution in [3.8, 4) is 0 Å². The molecule has 144 valence electrons. The summed E-state index contributed by atoms with van der Waals surface area (Å²) in [5, 5.41) is 0.770. The fourth-order valence-corrected chi connectivity index (χ4v) is 4.39. The van der Waals surface area contributed by atoms with Gasteiger partial charge in [0.1, 0.15) is 11.1 Å². The van der Waals surface area contributed by atoms with Gasteiger partial charge in [-0.1, -0.05) is 18.2 Å². The molecule has 27 heavy (non-hydrogen) atoms. The molecule has 0 aliphatic carbocycles. The summed E-state index contributed by atoms with van der Waals surface area (Å²) in [6.07, 6.45) is 2.33. The maximum Gasteiger partial charge on any atom is 0.349 e. The SMILES string of the molecule is CC1CN(CC2CCCN2C(=O)c2cc3ccccc3oc2=O)CC(C)O1. The highest BCUT2D eigenvalue weighted by atomic mass is 16.5. The summed E-state index contributed by atoms with van der Waals surface area (Å²) in [4.78, 5) is 29.7. The molecule has 3 atom stereocenters. The molecule has 0 N–H and O–H groups in total. The molecule has 1 aromatic carbocycles. The molecule has 6 heteroatoms. The van der Waals surface area contributed by atoms with Gasteiger partial charge in [0.15, 0.2) is 0 Å². The monoisotopic (exact) mass is 370 g/mol. The predicted octanol–water partition coefficient (Wildman–Crippen LogP) is 2.51. The van der Waals surface area contributed by atoms with Gasteiger partial charge >= 0.3 is 5.63 Å². The van der Waals surface area contributed by atoms with Crippen molar-refractivity contribution in [3.63, 3.8) is 0 Å². The van der Waals surface area contributed by atoms with Crippen molar-refractivity contribution in [2.75, 3.05) is 26.2 Å². The number of carbonyl (C=O) groups is 1. The third kappa shape index (κ3) is 3.77. The van der Waals surface area contributed by atoms with Crippen LogP contribution in [0.3, 0.4) is 0 Å². The molecule has 0 saturated carbocycles. The van der Waals surface area contributed by atoms with E-state index in [1.165, 1.54) is 0 Å². The van der Waals surface area contributed by atoms with E-state index in [1.807, 2.05) is 23.1 Å². The summed E-state index contributed by atoms with van der Waals surface area (Å²) in [6.45, 7) is 7.43. The van der Waals surface area contributed by atoms with Gasteiger partial charge in [-0.3, -0.25) is 9.69 Å². The Balaban J connectivity index is 1.54. The normalized spacial score (nSPS) is 26.6. The lowest BCUT2D eigenvalue weighted by Crippen LogP contribution is -2.51. The third-order valence-corrected chi connectivity index (χ3v) is 5.47. The number of hydrogen-bond acceptors (Lipinski definition) is 5. The number of rotatable bonds is 3. The lowest BCUT2D eigenvalue weighted by atomic mass is 10.1. The summed E-state index contributed by atoms with van der Waals surface area (Å²) >= 11 is 0. The zero-order valence-corrected chi connectivity index (χ0v) is 15.9. The smallest absolute Gasteiger partial charge is 0.349 e. The van der Waals surface area contributed by atoms with E-state index in [4.69, 9.17) is 9.15 Å². The van der Waals surface area contributed by atoms with Crippen molar-refractivity contribution in [2.45, 2.75) is 44.9 Å². The minimum absolute atomic E-state index is 0.126. The molecule has 4 rings (SSSR count). The number of nitrogens with zero attached hydrogens (tertiary/aromatic N) is 2.